The van der Waals surface area contributed by atoms with Gasteiger partial charge in [0.15, 0.2) is 11.5 Å². The highest BCUT2D eigenvalue weighted by Crippen LogP contribution is 2.24. The van der Waals surface area contributed by atoms with Gasteiger partial charge in [-0.05, 0) is 45.0 Å². The third-order valence-electron chi connectivity index (χ3n) is 3.88. The zero-order valence-electron chi connectivity index (χ0n) is 11.1. The Bertz CT molecular complexity index is 546. The average Bonchev–Trinajstić information content (AvgIpc) is 2.84. The molecule has 0 radical (unpaired) electrons. The maximum Gasteiger partial charge on any atom is 0.156 e. The van der Waals surface area contributed by atoms with Crippen LogP contribution in [0.4, 0.5) is 0 Å². The number of aryl methyl sites for hydroxylation is 1. The van der Waals surface area contributed by atoms with Crippen molar-refractivity contribution in [2.75, 3.05) is 19.6 Å². The van der Waals surface area contributed by atoms with Crippen molar-refractivity contribution < 1.29 is 0 Å². The van der Waals surface area contributed by atoms with Crippen LogP contribution >= 0.6 is 0 Å². The Hall–Kier alpha value is -1.42. The molecule has 0 saturated carbocycles. The highest BCUT2D eigenvalue weighted by atomic mass is 15.3. The lowest BCUT2D eigenvalue weighted by Gasteiger charge is -2.30. The van der Waals surface area contributed by atoms with Crippen LogP contribution in [0.25, 0.3) is 5.65 Å². The molecule has 2 aromatic rings. The number of hydrogen-bond acceptors (Lipinski definition) is 3. The van der Waals surface area contributed by atoms with Crippen molar-refractivity contribution in [2.24, 2.45) is 0 Å². The molecule has 0 bridgehead atoms. The molecule has 18 heavy (non-hydrogen) atoms. The zero-order valence-corrected chi connectivity index (χ0v) is 11.1. The summed E-state index contributed by atoms with van der Waals surface area (Å²) in [5, 5.41) is 4.68. The number of pyridine rings is 1. The molecule has 1 atom stereocenters. The SMILES string of the molecule is CCN1CCCC(c2nc3cccc(C)n3n2)C1. The lowest BCUT2D eigenvalue weighted by molar-refractivity contribution is 0.214. The molecule has 3 heterocycles. The van der Waals surface area contributed by atoms with Gasteiger partial charge in [-0.25, -0.2) is 9.50 Å². The fourth-order valence-corrected chi connectivity index (χ4v) is 2.78. The quantitative estimate of drug-likeness (QED) is 0.812. The monoisotopic (exact) mass is 244 g/mol. The van der Waals surface area contributed by atoms with E-state index in [4.69, 9.17) is 4.98 Å². The van der Waals surface area contributed by atoms with Crippen LogP contribution in [0.5, 0.6) is 0 Å². The molecule has 3 rings (SSSR count). The molecule has 0 N–H and O–H groups in total. The lowest BCUT2D eigenvalue weighted by Crippen LogP contribution is -2.34. The maximum atomic E-state index is 4.69. The van der Waals surface area contributed by atoms with E-state index in [-0.39, 0.29) is 0 Å². The van der Waals surface area contributed by atoms with Crippen molar-refractivity contribution in [3.8, 4) is 0 Å². The van der Waals surface area contributed by atoms with Crippen molar-refractivity contribution in [3.05, 3.63) is 29.7 Å². The summed E-state index contributed by atoms with van der Waals surface area (Å²) in [6.07, 6.45) is 2.47. The third-order valence-corrected chi connectivity index (χ3v) is 3.88. The number of fused-ring (bicyclic) bond motifs is 1. The second-order valence-corrected chi connectivity index (χ2v) is 5.14. The smallest absolute Gasteiger partial charge is 0.156 e. The Balaban J connectivity index is 1.92. The fourth-order valence-electron chi connectivity index (χ4n) is 2.78. The molecule has 1 unspecified atom stereocenters. The van der Waals surface area contributed by atoms with Gasteiger partial charge in [-0.3, -0.25) is 0 Å². The number of hydrogen-bond donors (Lipinski definition) is 0. The first-order valence-electron chi connectivity index (χ1n) is 6.82. The van der Waals surface area contributed by atoms with Crippen LogP contribution in [0.3, 0.4) is 0 Å². The van der Waals surface area contributed by atoms with Crippen molar-refractivity contribution in [3.63, 3.8) is 0 Å². The first-order chi connectivity index (χ1) is 8.78. The number of likely N-dealkylation sites (N-methyl/N-ethyl adjacent to an activating group) is 1. The zero-order chi connectivity index (χ0) is 12.5. The molecule has 1 aliphatic rings. The highest BCUT2D eigenvalue weighted by molar-refractivity contribution is 5.39. The van der Waals surface area contributed by atoms with E-state index in [1.807, 2.05) is 16.6 Å². The molecule has 2 aromatic heterocycles. The number of aromatic nitrogens is 3. The normalized spacial score (nSPS) is 21.6. The van der Waals surface area contributed by atoms with Gasteiger partial charge in [0.05, 0.1) is 0 Å². The molecule has 4 heteroatoms. The van der Waals surface area contributed by atoms with Gasteiger partial charge in [0.2, 0.25) is 0 Å². The number of piperidine rings is 1. The van der Waals surface area contributed by atoms with Gasteiger partial charge in [0.25, 0.3) is 0 Å². The van der Waals surface area contributed by atoms with Crippen LogP contribution in [-0.4, -0.2) is 39.1 Å². The molecule has 0 aliphatic carbocycles. The summed E-state index contributed by atoms with van der Waals surface area (Å²) in [5.41, 5.74) is 2.12. The van der Waals surface area contributed by atoms with E-state index in [9.17, 15) is 0 Å². The first kappa shape index (κ1) is 11.7. The minimum atomic E-state index is 0.498. The summed E-state index contributed by atoms with van der Waals surface area (Å²) in [4.78, 5) is 7.18. The van der Waals surface area contributed by atoms with Crippen LogP contribution < -0.4 is 0 Å². The highest BCUT2D eigenvalue weighted by Gasteiger charge is 2.23. The van der Waals surface area contributed by atoms with E-state index < -0.39 is 0 Å². The molecule has 1 fully saturated rings. The van der Waals surface area contributed by atoms with Crippen molar-refractivity contribution in [1.29, 1.82) is 0 Å². The van der Waals surface area contributed by atoms with Crippen LogP contribution in [0, 0.1) is 6.92 Å². The fraction of sp³-hybridized carbons (Fsp3) is 0.571. The van der Waals surface area contributed by atoms with Gasteiger partial charge in [-0.2, -0.15) is 5.10 Å². The van der Waals surface area contributed by atoms with E-state index in [2.05, 4.69) is 29.9 Å². The summed E-state index contributed by atoms with van der Waals surface area (Å²) in [6, 6.07) is 6.15. The molecule has 0 amide bonds. The summed E-state index contributed by atoms with van der Waals surface area (Å²) >= 11 is 0. The van der Waals surface area contributed by atoms with E-state index >= 15 is 0 Å². The second-order valence-electron chi connectivity index (χ2n) is 5.14. The number of nitrogens with zero attached hydrogens (tertiary/aromatic N) is 4. The Labute approximate surface area is 108 Å². The van der Waals surface area contributed by atoms with E-state index in [1.165, 1.54) is 19.4 Å². The summed E-state index contributed by atoms with van der Waals surface area (Å²) in [5.74, 6) is 1.51. The standard InChI is InChI=1S/C14H20N4/c1-3-17-9-5-7-12(10-17)14-15-13-8-4-6-11(2)18(13)16-14/h4,6,8,12H,3,5,7,9-10H2,1-2H3. The molecular weight excluding hydrogens is 224 g/mol. The third kappa shape index (κ3) is 2.01. The Kier molecular flexibility index (Phi) is 3.04. The predicted octanol–water partition coefficient (Wildman–Crippen LogP) is 2.24. The van der Waals surface area contributed by atoms with Crippen molar-refractivity contribution >= 4 is 5.65 Å². The summed E-state index contributed by atoms with van der Waals surface area (Å²) < 4.78 is 1.96. The Morgan fingerprint density at radius 1 is 1.39 bits per heavy atom. The molecule has 1 aliphatic heterocycles. The van der Waals surface area contributed by atoms with E-state index in [0.717, 1.165) is 30.3 Å². The van der Waals surface area contributed by atoms with Crippen LogP contribution in [0.15, 0.2) is 18.2 Å². The van der Waals surface area contributed by atoms with Gasteiger partial charge >= 0.3 is 0 Å². The van der Waals surface area contributed by atoms with Crippen LogP contribution in [0.2, 0.25) is 0 Å². The van der Waals surface area contributed by atoms with E-state index in [1.54, 1.807) is 0 Å². The molecule has 0 aromatic carbocycles. The molecule has 96 valence electrons. The number of rotatable bonds is 2. The minimum Gasteiger partial charge on any atom is -0.303 e. The maximum absolute atomic E-state index is 4.69. The van der Waals surface area contributed by atoms with Gasteiger partial charge in [-0.15, -0.1) is 0 Å². The van der Waals surface area contributed by atoms with Crippen LogP contribution in [0.1, 0.15) is 37.2 Å². The predicted molar refractivity (Wildman–Crippen MR) is 71.8 cm³/mol. The Morgan fingerprint density at radius 3 is 3.06 bits per heavy atom. The lowest BCUT2D eigenvalue weighted by atomic mass is 9.97. The molecular formula is C14H20N4. The largest absolute Gasteiger partial charge is 0.303 e. The topological polar surface area (TPSA) is 33.4 Å². The van der Waals surface area contributed by atoms with E-state index in [0.29, 0.717) is 5.92 Å². The molecule has 0 spiro atoms. The first-order valence-corrected chi connectivity index (χ1v) is 6.82. The summed E-state index contributed by atoms with van der Waals surface area (Å²) in [6.45, 7) is 7.75. The van der Waals surface area contributed by atoms with Gasteiger partial charge < -0.3 is 4.90 Å². The Morgan fingerprint density at radius 2 is 2.28 bits per heavy atom. The van der Waals surface area contributed by atoms with Gasteiger partial charge in [0.1, 0.15) is 0 Å². The van der Waals surface area contributed by atoms with Crippen molar-refractivity contribution in [2.45, 2.75) is 32.6 Å². The number of likely N-dealkylation sites (tertiary alicyclic amines) is 1. The molecule has 1 saturated heterocycles. The van der Waals surface area contributed by atoms with Gasteiger partial charge in [0, 0.05) is 18.2 Å². The van der Waals surface area contributed by atoms with Gasteiger partial charge in [-0.1, -0.05) is 13.0 Å². The molecule has 4 nitrogen and oxygen atoms in total. The second kappa shape index (κ2) is 4.69. The summed E-state index contributed by atoms with van der Waals surface area (Å²) in [7, 11) is 0. The van der Waals surface area contributed by atoms with Crippen LogP contribution in [-0.2, 0) is 0 Å². The van der Waals surface area contributed by atoms with Crippen molar-refractivity contribution in [1.82, 2.24) is 19.5 Å². The average molecular weight is 244 g/mol. The minimum absolute atomic E-state index is 0.498.